The van der Waals surface area contributed by atoms with Gasteiger partial charge in [0.2, 0.25) is 5.91 Å². The predicted octanol–water partition coefficient (Wildman–Crippen LogP) is 2.28. The molecule has 1 atom stereocenters. The van der Waals surface area contributed by atoms with E-state index in [1.165, 1.54) is 0 Å². The van der Waals surface area contributed by atoms with Gasteiger partial charge < -0.3 is 10.4 Å². The van der Waals surface area contributed by atoms with Gasteiger partial charge in [-0.2, -0.15) is 0 Å². The number of hydrogen-bond donors (Lipinski definition) is 3. The van der Waals surface area contributed by atoms with Crippen LogP contribution in [0.1, 0.15) is 59.3 Å². The van der Waals surface area contributed by atoms with E-state index in [9.17, 15) is 14.4 Å². The Morgan fingerprint density at radius 3 is 2.15 bits per heavy atom. The van der Waals surface area contributed by atoms with E-state index in [1.54, 1.807) is 0 Å². The van der Waals surface area contributed by atoms with Gasteiger partial charge in [0.25, 0.3) is 0 Å². The second-order valence-electron chi connectivity index (χ2n) is 5.49. The SMILES string of the molecule is CC(C)CCC(C)NC(=O)NC(=O)CCCCC(=O)O. The molecule has 0 aromatic rings. The molecule has 0 aliphatic heterocycles. The van der Waals surface area contributed by atoms with Gasteiger partial charge in [0.15, 0.2) is 0 Å². The van der Waals surface area contributed by atoms with Gasteiger partial charge in [0.05, 0.1) is 0 Å². The molecule has 0 aliphatic rings. The van der Waals surface area contributed by atoms with Crippen LogP contribution in [0.5, 0.6) is 0 Å². The molecule has 0 spiro atoms. The monoisotopic (exact) mass is 286 g/mol. The van der Waals surface area contributed by atoms with Gasteiger partial charge in [0.1, 0.15) is 0 Å². The van der Waals surface area contributed by atoms with Crippen LogP contribution < -0.4 is 10.6 Å². The van der Waals surface area contributed by atoms with Crippen molar-refractivity contribution in [1.29, 1.82) is 0 Å². The minimum atomic E-state index is -0.873. The van der Waals surface area contributed by atoms with Gasteiger partial charge in [-0.15, -0.1) is 0 Å². The summed E-state index contributed by atoms with van der Waals surface area (Å²) < 4.78 is 0. The number of carboxylic acid groups (broad SMARTS) is 1. The minimum Gasteiger partial charge on any atom is -0.481 e. The standard InChI is InChI=1S/C14H26N2O4/c1-10(2)8-9-11(3)15-14(20)16-12(17)6-4-5-7-13(18)19/h10-11H,4-9H2,1-3H3,(H,18,19)(H2,15,16,17,20). The van der Waals surface area contributed by atoms with Crippen LogP contribution in [0.3, 0.4) is 0 Å². The Kier molecular flexibility index (Phi) is 9.41. The van der Waals surface area contributed by atoms with Crippen LogP contribution in [0.15, 0.2) is 0 Å². The Labute approximate surface area is 120 Å². The van der Waals surface area contributed by atoms with Crippen LogP contribution >= 0.6 is 0 Å². The lowest BCUT2D eigenvalue weighted by Gasteiger charge is -2.15. The van der Waals surface area contributed by atoms with Crippen LogP contribution in [-0.2, 0) is 9.59 Å². The Bertz CT molecular complexity index is 329. The molecule has 6 heteroatoms. The van der Waals surface area contributed by atoms with Gasteiger partial charge in [-0.3, -0.25) is 14.9 Å². The normalized spacial score (nSPS) is 12.0. The summed E-state index contributed by atoms with van der Waals surface area (Å²) in [6.45, 7) is 6.14. The molecule has 0 rings (SSSR count). The first-order valence-corrected chi connectivity index (χ1v) is 7.13. The highest BCUT2D eigenvalue weighted by molar-refractivity contribution is 5.94. The number of rotatable bonds is 9. The van der Waals surface area contributed by atoms with Gasteiger partial charge in [-0.1, -0.05) is 13.8 Å². The van der Waals surface area contributed by atoms with Crippen LogP contribution in [0.2, 0.25) is 0 Å². The Balaban J connectivity index is 3.73. The molecule has 3 N–H and O–H groups in total. The molecule has 0 aromatic heterocycles. The van der Waals surface area contributed by atoms with E-state index in [2.05, 4.69) is 24.5 Å². The molecule has 6 nitrogen and oxygen atoms in total. The molecular weight excluding hydrogens is 260 g/mol. The van der Waals surface area contributed by atoms with Crippen molar-refractivity contribution in [3.05, 3.63) is 0 Å². The van der Waals surface area contributed by atoms with Crippen LogP contribution in [0.4, 0.5) is 4.79 Å². The van der Waals surface area contributed by atoms with Crippen molar-refractivity contribution in [3.63, 3.8) is 0 Å². The summed E-state index contributed by atoms with van der Waals surface area (Å²) in [4.78, 5) is 33.2. The van der Waals surface area contributed by atoms with Gasteiger partial charge in [-0.25, -0.2) is 4.79 Å². The quantitative estimate of drug-likeness (QED) is 0.567. The fourth-order valence-electron chi connectivity index (χ4n) is 1.67. The second kappa shape index (κ2) is 10.2. The highest BCUT2D eigenvalue weighted by atomic mass is 16.4. The largest absolute Gasteiger partial charge is 0.481 e. The van der Waals surface area contributed by atoms with E-state index in [4.69, 9.17) is 5.11 Å². The van der Waals surface area contributed by atoms with Crippen molar-refractivity contribution in [2.45, 2.75) is 65.3 Å². The number of nitrogens with one attached hydrogen (secondary N) is 2. The summed E-state index contributed by atoms with van der Waals surface area (Å²) in [6, 6.07) is -0.457. The first-order valence-electron chi connectivity index (χ1n) is 7.13. The smallest absolute Gasteiger partial charge is 0.321 e. The molecule has 0 aliphatic carbocycles. The molecule has 116 valence electrons. The average Bonchev–Trinajstić information content (AvgIpc) is 2.31. The van der Waals surface area contributed by atoms with E-state index in [0.29, 0.717) is 18.8 Å². The number of carbonyl (C=O) groups is 3. The number of imide groups is 1. The molecule has 0 aromatic carbocycles. The molecule has 0 bridgehead atoms. The molecule has 0 saturated heterocycles. The van der Waals surface area contributed by atoms with Gasteiger partial charge >= 0.3 is 12.0 Å². The maximum Gasteiger partial charge on any atom is 0.321 e. The van der Waals surface area contributed by atoms with Crippen molar-refractivity contribution in [2.75, 3.05) is 0 Å². The third-order valence-electron chi connectivity index (χ3n) is 2.85. The third kappa shape index (κ3) is 11.5. The van der Waals surface area contributed by atoms with Crippen LogP contribution in [0.25, 0.3) is 0 Å². The number of aliphatic carboxylic acids is 1. The summed E-state index contributed by atoms with van der Waals surface area (Å²) in [5, 5.41) is 13.4. The zero-order valence-electron chi connectivity index (χ0n) is 12.6. The fraction of sp³-hybridized carbons (Fsp3) is 0.786. The lowest BCUT2D eigenvalue weighted by molar-refractivity contribution is -0.137. The maximum atomic E-state index is 11.5. The zero-order chi connectivity index (χ0) is 15.5. The van der Waals surface area contributed by atoms with E-state index < -0.39 is 12.0 Å². The number of carbonyl (C=O) groups excluding carboxylic acids is 2. The minimum absolute atomic E-state index is 0.0252. The number of urea groups is 1. The summed E-state index contributed by atoms with van der Waals surface area (Å²) in [5.74, 6) is -0.663. The first kappa shape index (κ1) is 18.4. The molecule has 20 heavy (non-hydrogen) atoms. The molecule has 0 saturated carbocycles. The number of carboxylic acids is 1. The molecular formula is C14H26N2O4. The van der Waals surface area contributed by atoms with E-state index >= 15 is 0 Å². The molecule has 0 heterocycles. The van der Waals surface area contributed by atoms with Crippen molar-refractivity contribution in [1.82, 2.24) is 10.6 Å². The van der Waals surface area contributed by atoms with E-state index in [0.717, 1.165) is 12.8 Å². The third-order valence-corrected chi connectivity index (χ3v) is 2.85. The van der Waals surface area contributed by atoms with Gasteiger partial charge in [-0.05, 0) is 38.5 Å². The average molecular weight is 286 g/mol. The Hall–Kier alpha value is -1.59. The van der Waals surface area contributed by atoms with Crippen molar-refractivity contribution in [3.8, 4) is 0 Å². The fourth-order valence-corrected chi connectivity index (χ4v) is 1.67. The Morgan fingerprint density at radius 2 is 1.60 bits per heavy atom. The summed E-state index contributed by atoms with van der Waals surface area (Å²) in [7, 11) is 0. The van der Waals surface area contributed by atoms with E-state index in [1.807, 2.05) is 6.92 Å². The first-order chi connectivity index (χ1) is 9.31. The number of amides is 3. The molecule has 0 fully saturated rings. The van der Waals surface area contributed by atoms with Crippen LogP contribution in [-0.4, -0.2) is 29.1 Å². The highest BCUT2D eigenvalue weighted by Gasteiger charge is 2.11. The lowest BCUT2D eigenvalue weighted by atomic mass is 10.0. The van der Waals surface area contributed by atoms with Crippen LogP contribution in [0, 0.1) is 5.92 Å². The summed E-state index contributed by atoms with van der Waals surface area (Å²) >= 11 is 0. The van der Waals surface area contributed by atoms with Crippen molar-refractivity contribution in [2.24, 2.45) is 5.92 Å². The topological polar surface area (TPSA) is 95.5 Å². The summed E-state index contributed by atoms with van der Waals surface area (Å²) in [6.07, 6.45) is 3.01. The predicted molar refractivity (Wildman–Crippen MR) is 76.3 cm³/mol. The maximum absolute atomic E-state index is 11.5. The highest BCUT2D eigenvalue weighted by Crippen LogP contribution is 2.06. The second-order valence-corrected chi connectivity index (χ2v) is 5.49. The lowest BCUT2D eigenvalue weighted by Crippen LogP contribution is -2.43. The van der Waals surface area contributed by atoms with E-state index in [-0.39, 0.29) is 24.8 Å². The molecule has 3 amide bonds. The van der Waals surface area contributed by atoms with Gasteiger partial charge in [0, 0.05) is 18.9 Å². The number of hydrogen-bond acceptors (Lipinski definition) is 3. The van der Waals surface area contributed by atoms with Crippen molar-refractivity contribution < 1.29 is 19.5 Å². The molecule has 1 unspecified atom stereocenters. The Morgan fingerprint density at radius 1 is 1.00 bits per heavy atom. The number of unbranched alkanes of at least 4 members (excludes halogenated alkanes) is 1. The summed E-state index contributed by atoms with van der Waals surface area (Å²) in [5.41, 5.74) is 0. The zero-order valence-corrected chi connectivity index (χ0v) is 12.6. The van der Waals surface area contributed by atoms with Crippen molar-refractivity contribution >= 4 is 17.9 Å². The molecule has 0 radical (unpaired) electrons.